The van der Waals surface area contributed by atoms with E-state index in [2.05, 4.69) is 21.2 Å². The van der Waals surface area contributed by atoms with Crippen molar-refractivity contribution in [1.82, 2.24) is 0 Å². The van der Waals surface area contributed by atoms with Crippen LogP contribution in [0.5, 0.6) is 0 Å². The Morgan fingerprint density at radius 1 is 1.41 bits per heavy atom. The van der Waals surface area contributed by atoms with Gasteiger partial charge >= 0.3 is 5.97 Å². The summed E-state index contributed by atoms with van der Waals surface area (Å²) >= 11 is 3.25. The first-order valence-corrected chi connectivity index (χ1v) is 5.63. The van der Waals surface area contributed by atoms with Crippen LogP contribution in [-0.2, 0) is 14.4 Å². The first kappa shape index (κ1) is 11.8. The van der Waals surface area contributed by atoms with Crippen molar-refractivity contribution in [2.75, 3.05) is 5.32 Å². The minimum atomic E-state index is -1.23. The van der Waals surface area contributed by atoms with Crippen molar-refractivity contribution in [3.63, 3.8) is 0 Å². The SMILES string of the molecule is O=C(O)CC(=O)C1C(=O)Nc2cc(Br)ccc21. The highest BCUT2D eigenvalue weighted by atomic mass is 79.9. The number of rotatable bonds is 3. The Bertz CT molecular complexity index is 526. The summed E-state index contributed by atoms with van der Waals surface area (Å²) in [6.45, 7) is 0. The lowest BCUT2D eigenvalue weighted by Gasteiger charge is -2.05. The zero-order valence-electron chi connectivity index (χ0n) is 8.57. The van der Waals surface area contributed by atoms with E-state index in [9.17, 15) is 14.4 Å². The number of hydrogen-bond acceptors (Lipinski definition) is 3. The second-order valence-corrected chi connectivity index (χ2v) is 4.61. The molecule has 1 atom stereocenters. The van der Waals surface area contributed by atoms with Gasteiger partial charge in [0.25, 0.3) is 0 Å². The summed E-state index contributed by atoms with van der Waals surface area (Å²) in [5.74, 6) is -3.30. The maximum Gasteiger partial charge on any atom is 0.310 e. The summed E-state index contributed by atoms with van der Waals surface area (Å²) in [5.41, 5.74) is 1.08. The molecule has 1 aromatic carbocycles. The first-order valence-electron chi connectivity index (χ1n) is 4.84. The van der Waals surface area contributed by atoms with Crippen LogP contribution in [0.3, 0.4) is 0 Å². The summed E-state index contributed by atoms with van der Waals surface area (Å²) < 4.78 is 0.780. The highest BCUT2D eigenvalue weighted by Crippen LogP contribution is 2.35. The molecule has 0 saturated carbocycles. The molecule has 88 valence electrons. The number of carboxylic acid groups (broad SMARTS) is 1. The molecule has 5 nitrogen and oxygen atoms in total. The van der Waals surface area contributed by atoms with Gasteiger partial charge in [-0.25, -0.2) is 0 Å². The number of carboxylic acids is 1. The maximum atomic E-state index is 11.7. The molecule has 0 fully saturated rings. The van der Waals surface area contributed by atoms with Crippen molar-refractivity contribution in [3.8, 4) is 0 Å². The molecule has 0 saturated heterocycles. The number of anilines is 1. The van der Waals surface area contributed by atoms with Crippen LogP contribution in [0, 0.1) is 0 Å². The fraction of sp³-hybridized carbons (Fsp3) is 0.182. The van der Waals surface area contributed by atoms with Gasteiger partial charge in [0.15, 0.2) is 5.78 Å². The van der Waals surface area contributed by atoms with E-state index in [1.807, 2.05) is 0 Å². The van der Waals surface area contributed by atoms with Gasteiger partial charge in [-0.1, -0.05) is 22.0 Å². The van der Waals surface area contributed by atoms with Gasteiger partial charge in [-0.05, 0) is 17.7 Å². The Morgan fingerprint density at radius 3 is 2.76 bits per heavy atom. The van der Waals surface area contributed by atoms with E-state index in [-0.39, 0.29) is 0 Å². The van der Waals surface area contributed by atoms with Crippen LogP contribution in [-0.4, -0.2) is 22.8 Å². The minimum absolute atomic E-state index is 0.468. The van der Waals surface area contributed by atoms with Gasteiger partial charge in [0.2, 0.25) is 5.91 Å². The van der Waals surface area contributed by atoms with Crippen LogP contribution in [0.15, 0.2) is 22.7 Å². The van der Waals surface area contributed by atoms with Gasteiger partial charge in [0.05, 0.1) is 0 Å². The Morgan fingerprint density at radius 2 is 2.12 bits per heavy atom. The summed E-state index contributed by atoms with van der Waals surface area (Å²) in [5, 5.41) is 11.1. The number of amides is 1. The lowest BCUT2D eigenvalue weighted by Crippen LogP contribution is -2.22. The highest BCUT2D eigenvalue weighted by Gasteiger charge is 2.36. The lowest BCUT2D eigenvalue weighted by atomic mass is 9.94. The van der Waals surface area contributed by atoms with Gasteiger partial charge in [-0.2, -0.15) is 0 Å². The molecule has 0 aliphatic carbocycles. The van der Waals surface area contributed by atoms with Crippen molar-refractivity contribution in [1.29, 1.82) is 0 Å². The molecular weight excluding hydrogens is 290 g/mol. The molecule has 2 rings (SSSR count). The van der Waals surface area contributed by atoms with Crippen LogP contribution in [0.4, 0.5) is 5.69 Å². The van der Waals surface area contributed by atoms with Crippen LogP contribution in [0.25, 0.3) is 0 Å². The predicted octanol–water partition coefficient (Wildman–Crippen LogP) is 1.53. The van der Waals surface area contributed by atoms with Crippen molar-refractivity contribution >= 4 is 39.3 Å². The third kappa shape index (κ3) is 2.21. The number of aliphatic carboxylic acids is 1. The molecule has 1 amide bonds. The summed E-state index contributed by atoms with van der Waals surface area (Å²) in [7, 11) is 0. The number of nitrogens with one attached hydrogen (secondary N) is 1. The maximum absolute atomic E-state index is 11.7. The normalized spacial score (nSPS) is 17.5. The molecule has 0 radical (unpaired) electrons. The predicted molar refractivity (Wildman–Crippen MR) is 62.8 cm³/mol. The summed E-state index contributed by atoms with van der Waals surface area (Å²) in [6, 6.07) is 5.03. The largest absolute Gasteiger partial charge is 0.481 e. The van der Waals surface area contributed by atoms with Gasteiger partial charge in [0, 0.05) is 10.2 Å². The van der Waals surface area contributed by atoms with Gasteiger partial charge < -0.3 is 10.4 Å². The Hall–Kier alpha value is -1.69. The smallest absolute Gasteiger partial charge is 0.310 e. The molecule has 1 aromatic rings. The molecule has 2 N–H and O–H groups in total. The zero-order chi connectivity index (χ0) is 12.6. The fourth-order valence-electron chi connectivity index (χ4n) is 1.81. The molecule has 0 bridgehead atoms. The molecule has 0 aromatic heterocycles. The number of carbonyl (C=O) groups is 3. The number of fused-ring (bicyclic) bond motifs is 1. The number of ketones is 1. The van der Waals surface area contributed by atoms with E-state index in [4.69, 9.17) is 5.11 Å². The van der Waals surface area contributed by atoms with Gasteiger partial charge in [-0.3, -0.25) is 14.4 Å². The van der Waals surface area contributed by atoms with E-state index < -0.39 is 30.0 Å². The fourth-order valence-corrected chi connectivity index (χ4v) is 2.17. The lowest BCUT2D eigenvalue weighted by molar-refractivity contribution is -0.140. The standard InChI is InChI=1S/C11H8BrNO4/c12-5-1-2-6-7(3-5)13-11(17)10(6)8(14)4-9(15)16/h1-3,10H,4H2,(H,13,17)(H,15,16). The van der Waals surface area contributed by atoms with E-state index in [1.54, 1.807) is 18.2 Å². The van der Waals surface area contributed by atoms with E-state index in [1.165, 1.54) is 0 Å². The summed E-state index contributed by atoms with van der Waals surface area (Å²) in [6.07, 6.45) is -0.645. The second kappa shape index (κ2) is 4.29. The Kier molecular flexibility index (Phi) is 2.97. The average molecular weight is 298 g/mol. The van der Waals surface area contributed by atoms with Gasteiger partial charge in [-0.15, -0.1) is 0 Å². The quantitative estimate of drug-likeness (QED) is 0.829. The number of Topliss-reactive ketones (excluding diaryl/α,β-unsaturated/α-hetero) is 1. The zero-order valence-corrected chi connectivity index (χ0v) is 10.2. The number of carbonyl (C=O) groups excluding carboxylic acids is 2. The van der Waals surface area contributed by atoms with Crippen LogP contribution in [0.2, 0.25) is 0 Å². The first-order chi connectivity index (χ1) is 7.99. The molecule has 17 heavy (non-hydrogen) atoms. The molecule has 1 unspecified atom stereocenters. The second-order valence-electron chi connectivity index (χ2n) is 3.69. The average Bonchev–Trinajstić information content (AvgIpc) is 2.51. The van der Waals surface area contributed by atoms with Crippen LogP contribution in [0.1, 0.15) is 17.9 Å². The number of benzene rings is 1. The van der Waals surface area contributed by atoms with E-state index in [0.717, 1.165) is 4.47 Å². The highest BCUT2D eigenvalue weighted by molar-refractivity contribution is 9.10. The van der Waals surface area contributed by atoms with Crippen molar-refractivity contribution < 1.29 is 19.5 Å². The van der Waals surface area contributed by atoms with E-state index in [0.29, 0.717) is 11.3 Å². The van der Waals surface area contributed by atoms with E-state index >= 15 is 0 Å². The van der Waals surface area contributed by atoms with Crippen LogP contribution < -0.4 is 5.32 Å². The molecule has 6 heteroatoms. The molecule has 1 aliphatic heterocycles. The number of hydrogen-bond donors (Lipinski definition) is 2. The molecule has 0 spiro atoms. The Labute approximate surface area is 105 Å². The summed E-state index contributed by atoms with van der Waals surface area (Å²) in [4.78, 5) is 33.8. The molecular formula is C11H8BrNO4. The minimum Gasteiger partial charge on any atom is -0.481 e. The topological polar surface area (TPSA) is 83.5 Å². The third-order valence-electron chi connectivity index (χ3n) is 2.49. The van der Waals surface area contributed by atoms with Crippen LogP contribution >= 0.6 is 15.9 Å². The van der Waals surface area contributed by atoms with Crippen molar-refractivity contribution in [2.45, 2.75) is 12.3 Å². The third-order valence-corrected chi connectivity index (χ3v) is 2.99. The molecule has 1 aliphatic rings. The van der Waals surface area contributed by atoms with Crippen molar-refractivity contribution in [2.24, 2.45) is 0 Å². The number of halogens is 1. The molecule has 1 heterocycles. The van der Waals surface area contributed by atoms with Crippen molar-refractivity contribution in [3.05, 3.63) is 28.2 Å². The van der Waals surface area contributed by atoms with Gasteiger partial charge in [0.1, 0.15) is 12.3 Å². The Balaban J connectivity index is 2.35. The monoisotopic (exact) mass is 297 g/mol.